The van der Waals surface area contributed by atoms with Crippen molar-refractivity contribution in [2.45, 2.75) is 32.7 Å². The van der Waals surface area contributed by atoms with Crippen molar-refractivity contribution >= 4 is 38.4 Å². The Morgan fingerprint density at radius 3 is 2.83 bits per heavy atom. The van der Waals surface area contributed by atoms with E-state index in [4.69, 9.17) is 4.98 Å². The minimum Gasteiger partial charge on any atom is -0.271 e. The summed E-state index contributed by atoms with van der Waals surface area (Å²) in [6.45, 7) is 6.60. The van der Waals surface area contributed by atoms with Crippen molar-refractivity contribution in [3.8, 4) is 0 Å². The number of hydrogen-bond donors (Lipinski definition) is 0. The summed E-state index contributed by atoms with van der Waals surface area (Å²) < 4.78 is 1.28. The van der Waals surface area contributed by atoms with Gasteiger partial charge in [-0.1, -0.05) is 19.9 Å². The lowest BCUT2D eigenvalue weighted by Gasteiger charge is -2.03. The van der Waals surface area contributed by atoms with Gasteiger partial charge in [0, 0.05) is 5.75 Å². The summed E-state index contributed by atoms with van der Waals surface area (Å²) in [7, 11) is 0. The molecule has 2 heterocycles. The monoisotopic (exact) mass is 276 g/mol. The maximum absolute atomic E-state index is 4.70. The van der Waals surface area contributed by atoms with Gasteiger partial charge in [-0.25, -0.2) is 4.98 Å². The highest BCUT2D eigenvalue weighted by Gasteiger charge is 2.19. The van der Waals surface area contributed by atoms with Crippen molar-refractivity contribution in [2.24, 2.45) is 4.99 Å². The van der Waals surface area contributed by atoms with Crippen LogP contribution in [-0.2, 0) is 0 Å². The Labute approximate surface area is 116 Å². The van der Waals surface area contributed by atoms with Gasteiger partial charge in [0.05, 0.1) is 16.3 Å². The third-order valence-corrected chi connectivity index (χ3v) is 5.44. The van der Waals surface area contributed by atoms with Gasteiger partial charge < -0.3 is 0 Å². The van der Waals surface area contributed by atoms with E-state index in [1.54, 1.807) is 11.3 Å². The van der Waals surface area contributed by atoms with Crippen LogP contribution in [0.5, 0.6) is 0 Å². The van der Waals surface area contributed by atoms with E-state index < -0.39 is 0 Å². The number of aromatic nitrogens is 1. The number of rotatable bonds is 2. The first-order valence-corrected chi connectivity index (χ1v) is 8.05. The molecular formula is C14H16N2S2. The Kier molecular flexibility index (Phi) is 3.16. The summed E-state index contributed by atoms with van der Waals surface area (Å²) in [5.41, 5.74) is 2.48. The van der Waals surface area contributed by atoms with Crippen LogP contribution in [0.2, 0.25) is 0 Å². The Hall–Kier alpha value is -0.870. The second kappa shape index (κ2) is 4.67. The molecule has 0 amide bonds. The SMILES string of the molecule is CC(C)c1ccc2nc(C3=N[C@@H](C)CS3)sc2c1. The molecule has 0 unspecified atom stereocenters. The molecular weight excluding hydrogens is 260 g/mol. The van der Waals surface area contributed by atoms with Gasteiger partial charge in [0.15, 0.2) is 0 Å². The molecule has 1 atom stereocenters. The van der Waals surface area contributed by atoms with E-state index in [9.17, 15) is 0 Å². The highest BCUT2D eigenvalue weighted by Crippen LogP contribution is 2.31. The first-order valence-electron chi connectivity index (χ1n) is 6.25. The molecule has 0 fully saturated rings. The third-order valence-electron chi connectivity index (χ3n) is 3.06. The molecule has 0 bridgehead atoms. The molecule has 4 heteroatoms. The van der Waals surface area contributed by atoms with E-state index in [-0.39, 0.29) is 0 Å². The third kappa shape index (κ3) is 2.19. The average Bonchev–Trinajstić information content (AvgIpc) is 2.93. The van der Waals surface area contributed by atoms with Gasteiger partial charge in [-0.2, -0.15) is 0 Å². The number of aliphatic imine (C=N–C) groups is 1. The van der Waals surface area contributed by atoms with Gasteiger partial charge in [0.2, 0.25) is 0 Å². The highest BCUT2D eigenvalue weighted by molar-refractivity contribution is 8.15. The molecule has 94 valence electrons. The van der Waals surface area contributed by atoms with Crippen LogP contribution < -0.4 is 0 Å². The molecule has 0 aliphatic carbocycles. The van der Waals surface area contributed by atoms with Crippen molar-refractivity contribution in [2.75, 3.05) is 5.75 Å². The maximum Gasteiger partial charge on any atom is 0.149 e. The van der Waals surface area contributed by atoms with Crippen molar-refractivity contribution in [3.63, 3.8) is 0 Å². The fourth-order valence-corrected chi connectivity index (χ4v) is 4.09. The molecule has 0 saturated carbocycles. The zero-order chi connectivity index (χ0) is 12.7. The zero-order valence-corrected chi connectivity index (χ0v) is 12.4. The normalized spacial score (nSPS) is 19.8. The minimum atomic E-state index is 0.434. The molecule has 2 nitrogen and oxygen atoms in total. The fraction of sp³-hybridized carbons (Fsp3) is 0.429. The van der Waals surface area contributed by atoms with Crippen LogP contribution in [0.25, 0.3) is 10.2 Å². The van der Waals surface area contributed by atoms with Crippen LogP contribution in [0.3, 0.4) is 0 Å². The second-order valence-corrected chi connectivity index (χ2v) is 7.03. The van der Waals surface area contributed by atoms with Gasteiger partial charge in [0.25, 0.3) is 0 Å². The van der Waals surface area contributed by atoms with Crippen LogP contribution in [0, 0.1) is 0 Å². The van der Waals surface area contributed by atoms with E-state index in [1.807, 2.05) is 11.8 Å². The van der Waals surface area contributed by atoms with Crippen molar-refractivity contribution < 1.29 is 0 Å². The summed E-state index contributed by atoms with van der Waals surface area (Å²) >= 11 is 3.59. The van der Waals surface area contributed by atoms with Gasteiger partial charge in [-0.3, -0.25) is 4.99 Å². The van der Waals surface area contributed by atoms with Crippen LogP contribution in [-0.4, -0.2) is 21.8 Å². The number of benzene rings is 1. The lowest BCUT2D eigenvalue weighted by molar-refractivity contribution is 0.865. The molecule has 0 radical (unpaired) electrons. The summed E-state index contributed by atoms with van der Waals surface area (Å²) in [6.07, 6.45) is 0. The molecule has 1 aromatic carbocycles. The molecule has 3 rings (SSSR count). The minimum absolute atomic E-state index is 0.434. The largest absolute Gasteiger partial charge is 0.271 e. The molecule has 0 N–H and O–H groups in total. The maximum atomic E-state index is 4.70. The van der Waals surface area contributed by atoms with E-state index in [1.165, 1.54) is 10.3 Å². The highest BCUT2D eigenvalue weighted by atomic mass is 32.2. The van der Waals surface area contributed by atoms with Gasteiger partial charge in [-0.15, -0.1) is 23.1 Å². The molecule has 18 heavy (non-hydrogen) atoms. The first kappa shape index (κ1) is 12.2. The molecule has 0 saturated heterocycles. The molecule has 2 aromatic rings. The Morgan fingerprint density at radius 2 is 2.17 bits per heavy atom. The van der Waals surface area contributed by atoms with Crippen LogP contribution in [0.4, 0.5) is 0 Å². The molecule has 1 aliphatic rings. The smallest absolute Gasteiger partial charge is 0.149 e. The standard InChI is InChI=1S/C14H16N2S2/c1-8(2)10-4-5-11-12(6-10)18-14(16-11)13-15-9(3)7-17-13/h4-6,8-9H,7H2,1-3H3/t9-/m0/s1. The number of hydrogen-bond acceptors (Lipinski definition) is 4. The second-order valence-electron chi connectivity index (χ2n) is 5.00. The molecule has 1 aromatic heterocycles. The van der Waals surface area contributed by atoms with Crippen LogP contribution in [0.15, 0.2) is 23.2 Å². The summed E-state index contributed by atoms with van der Waals surface area (Å²) in [6, 6.07) is 7.02. The van der Waals surface area contributed by atoms with E-state index in [2.05, 4.69) is 44.0 Å². The predicted molar refractivity (Wildman–Crippen MR) is 82.2 cm³/mol. The van der Waals surface area contributed by atoms with E-state index in [0.29, 0.717) is 12.0 Å². The Morgan fingerprint density at radius 1 is 1.33 bits per heavy atom. The predicted octanol–water partition coefficient (Wildman–Crippen LogP) is 4.30. The molecule has 0 spiro atoms. The topological polar surface area (TPSA) is 25.2 Å². The number of thiazole rings is 1. The fourth-order valence-electron chi connectivity index (χ4n) is 1.98. The van der Waals surface area contributed by atoms with E-state index in [0.717, 1.165) is 21.3 Å². The summed E-state index contributed by atoms with van der Waals surface area (Å²) in [5.74, 6) is 1.65. The quantitative estimate of drug-likeness (QED) is 0.817. The lowest BCUT2D eigenvalue weighted by Crippen LogP contribution is -1.93. The lowest BCUT2D eigenvalue weighted by atomic mass is 10.0. The summed E-state index contributed by atoms with van der Waals surface area (Å²) in [4.78, 5) is 9.34. The van der Waals surface area contributed by atoms with Crippen molar-refractivity contribution in [1.29, 1.82) is 0 Å². The molecule has 1 aliphatic heterocycles. The Bertz CT molecular complexity index is 613. The summed E-state index contributed by atoms with van der Waals surface area (Å²) in [5, 5.41) is 2.20. The Balaban J connectivity index is 2.03. The number of nitrogens with zero attached hydrogens (tertiary/aromatic N) is 2. The first-order chi connectivity index (χ1) is 8.63. The van der Waals surface area contributed by atoms with Crippen molar-refractivity contribution in [1.82, 2.24) is 4.98 Å². The number of thioether (sulfide) groups is 1. The zero-order valence-electron chi connectivity index (χ0n) is 10.8. The average molecular weight is 276 g/mol. The van der Waals surface area contributed by atoms with Crippen LogP contribution >= 0.6 is 23.1 Å². The van der Waals surface area contributed by atoms with Gasteiger partial charge in [0.1, 0.15) is 10.1 Å². The number of fused-ring (bicyclic) bond motifs is 1. The van der Waals surface area contributed by atoms with Gasteiger partial charge in [-0.05, 0) is 30.5 Å². The van der Waals surface area contributed by atoms with Crippen molar-refractivity contribution in [3.05, 3.63) is 28.8 Å². The van der Waals surface area contributed by atoms with Crippen LogP contribution in [0.1, 0.15) is 37.3 Å². The van der Waals surface area contributed by atoms with E-state index >= 15 is 0 Å². The van der Waals surface area contributed by atoms with Gasteiger partial charge >= 0.3 is 0 Å².